The third kappa shape index (κ3) is 1.77. The lowest BCUT2D eigenvalue weighted by molar-refractivity contribution is 0.616. The highest BCUT2D eigenvalue weighted by Crippen LogP contribution is 2.18. The van der Waals surface area contributed by atoms with E-state index in [0.717, 1.165) is 11.3 Å². The number of hydrazine groups is 1. The van der Waals surface area contributed by atoms with Crippen LogP contribution in [0.2, 0.25) is 0 Å². The Bertz CT molecular complexity index is 374. The normalized spacial score (nSPS) is 12.6. The van der Waals surface area contributed by atoms with E-state index in [1.54, 1.807) is 12.4 Å². The topological polar surface area (TPSA) is 76.7 Å². The minimum absolute atomic E-state index is 0.137. The van der Waals surface area contributed by atoms with E-state index in [1.165, 1.54) is 11.5 Å². The van der Waals surface area contributed by atoms with Gasteiger partial charge in [-0.05, 0) is 23.2 Å². The molecule has 0 bridgehead atoms. The fourth-order valence-corrected chi connectivity index (χ4v) is 1.68. The number of aromatic nitrogens is 3. The first-order chi connectivity index (χ1) is 6.92. The highest BCUT2D eigenvalue weighted by atomic mass is 32.1. The molecule has 2 rings (SSSR count). The van der Waals surface area contributed by atoms with Crippen molar-refractivity contribution in [2.75, 3.05) is 0 Å². The van der Waals surface area contributed by atoms with Crippen molar-refractivity contribution in [2.24, 2.45) is 5.84 Å². The Labute approximate surface area is 85.1 Å². The molecule has 2 heterocycles. The summed E-state index contributed by atoms with van der Waals surface area (Å²) in [5.74, 6) is 5.46. The van der Waals surface area contributed by atoms with Gasteiger partial charge in [0.1, 0.15) is 0 Å². The van der Waals surface area contributed by atoms with E-state index in [1.807, 2.05) is 17.5 Å². The van der Waals surface area contributed by atoms with Crippen LogP contribution in [-0.2, 0) is 0 Å². The summed E-state index contributed by atoms with van der Waals surface area (Å²) in [5, 5.41) is 5.82. The van der Waals surface area contributed by atoms with E-state index >= 15 is 0 Å². The number of nitrogens with one attached hydrogen (secondary N) is 1. The van der Waals surface area contributed by atoms with Crippen molar-refractivity contribution >= 4 is 11.5 Å². The van der Waals surface area contributed by atoms with Gasteiger partial charge in [0.15, 0.2) is 0 Å². The zero-order chi connectivity index (χ0) is 9.80. The molecule has 14 heavy (non-hydrogen) atoms. The van der Waals surface area contributed by atoms with E-state index in [2.05, 4.69) is 20.0 Å². The van der Waals surface area contributed by atoms with Crippen LogP contribution in [0.4, 0.5) is 0 Å². The van der Waals surface area contributed by atoms with Crippen LogP contribution in [-0.4, -0.2) is 14.6 Å². The molecular formula is C8H9N5S. The fourth-order valence-electron chi connectivity index (χ4n) is 1.20. The molecule has 0 aliphatic carbocycles. The maximum atomic E-state index is 5.46. The second-order valence-electron chi connectivity index (χ2n) is 2.72. The van der Waals surface area contributed by atoms with Gasteiger partial charge in [-0.15, -0.1) is 5.10 Å². The number of rotatable bonds is 3. The van der Waals surface area contributed by atoms with Crippen LogP contribution >= 0.6 is 11.5 Å². The Morgan fingerprint density at radius 3 is 3.00 bits per heavy atom. The molecule has 0 radical (unpaired) electrons. The minimum Gasteiger partial charge on any atom is -0.271 e. The molecule has 2 aromatic rings. The number of pyridine rings is 1. The molecule has 2 aromatic heterocycles. The number of nitrogens with zero attached hydrogens (tertiary/aromatic N) is 3. The summed E-state index contributed by atoms with van der Waals surface area (Å²) >= 11 is 1.30. The van der Waals surface area contributed by atoms with Gasteiger partial charge in [-0.1, -0.05) is 10.6 Å². The largest absolute Gasteiger partial charge is 0.271 e. The maximum absolute atomic E-state index is 5.46. The van der Waals surface area contributed by atoms with Crippen molar-refractivity contribution in [3.8, 4) is 0 Å². The highest BCUT2D eigenvalue weighted by Gasteiger charge is 2.14. The van der Waals surface area contributed by atoms with Crippen LogP contribution in [0.15, 0.2) is 29.9 Å². The van der Waals surface area contributed by atoms with Gasteiger partial charge in [0, 0.05) is 17.8 Å². The summed E-state index contributed by atoms with van der Waals surface area (Å²) in [5.41, 5.74) is 4.47. The molecule has 0 spiro atoms. The molecule has 3 N–H and O–H groups in total. The van der Waals surface area contributed by atoms with Crippen LogP contribution in [0.5, 0.6) is 0 Å². The second-order valence-corrected chi connectivity index (χ2v) is 3.33. The molecule has 1 atom stereocenters. The molecule has 0 amide bonds. The van der Waals surface area contributed by atoms with Crippen molar-refractivity contribution in [3.05, 3.63) is 41.2 Å². The molecule has 0 saturated carbocycles. The second kappa shape index (κ2) is 4.23. The van der Waals surface area contributed by atoms with Gasteiger partial charge < -0.3 is 0 Å². The van der Waals surface area contributed by atoms with Gasteiger partial charge in [-0.25, -0.2) is 5.43 Å². The van der Waals surface area contributed by atoms with Gasteiger partial charge in [0.2, 0.25) is 0 Å². The molecule has 0 aromatic carbocycles. The van der Waals surface area contributed by atoms with Crippen molar-refractivity contribution in [2.45, 2.75) is 6.04 Å². The van der Waals surface area contributed by atoms with E-state index in [0.29, 0.717) is 0 Å². The van der Waals surface area contributed by atoms with E-state index in [-0.39, 0.29) is 6.04 Å². The van der Waals surface area contributed by atoms with Gasteiger partial charge in [0.05, 0.1) is 11.7 Å². The van der Waals surface area contributed by atoms with Gasteiger partial charge in [-0.2, -0.15) is 0 Å². The average molecular weight is 207 g/mol. The van der Waals surface area contributed by atoms with Crippen molar-refractivity contribution in [3.63, 3.8) is 0 Å². The van der Waals surface area contributed by atoms with Crippen LogP contribution < -0.4 is 11.3 Å². The fraction of sp³-hybridized carbons (Fsp3) is 0.125. The van der Waals surface area contributed by atoms with Crippen molar-refractivity contribution in [1.29, 1.82) is 0 Å². The molecule has 1 unspecified atom stereocenters. The quantitative estimate of drug-likeness (QED) is 0.565. The van der Waals surface area contributed by atoms with Crippen molar-refractivity contribution in [1.82, 2.24) is 20.0 Å². The summed E-state index contributed by atoms with van der Waals surface area (Å²) in [4.78, 5) is 4.02. The molecule has 0 fully saturated rings. The number of nitrogens with two attached hydrogens (primary N) is 1. The van der Waals surface area contributed by atoms with Crippen LogP contribution in [0.25, 0.3) is 0 Å². The van der Waals surface area contributed by atoms with Crippen molar-refractivity contribution < 1.29 is 0 Å². The van der Waals surface area contributed by atoms with Crippen LogP contribution in [0.1, 0.15) is 17.3 Å². The Kier molecular flexibility index (Phi) is 2.78. The Morgan fingerprint density at radius 2 is 2.43 bits per heavy atom. The van der Waals surface area contributed by atoms with E-state index in [4.69, 9.17) is 5.84 Å². The van der Waals surface area contributed by atoms with Crippen LogP contribution in [0.3, 0.4) is 0 Å². The zero-order valence-corrected chi connectivity index (χ0v) is 8.11. The molecule has 0 saturated heterocycles. The summed E-state index contributed by atoms with van der Waals surface area (Å²) in [6.07, 6.45) is 3.47. The lowest BCUT2D eigenvalue weighted by Crippen LogP contribution is -2.29. The third-order valence-electron chi connectivity index (χ3n) is 1.86. The predicted molar refractivity (Wildman–Crippen MR) is 53.3 cm³/mol. The average Bonchev–Trinajstić information content (AvgIpc) is 2.74. The number of hydrogen-bond acceptors (Lipinski definition) is 6. The lowest BCUT2D eigenvalue weighted by atomic mass is 10.1. The van der Waals surface area contributed by atoms with E-state index < -0.39 is 0 Å². The monoisotopic (exact) mass is 207 g/mol. The van der Waals surface area contributed by atoms with Crippen LogP contribution in [0, 0.1) is 0 Å². The molecule has 0 aliphatic rings. The first-order valence-electron chi connectivity index (χ1n) is 4.05. The van der Waals surface area contributed by atoms with Gasteiger partial charge in [0.25, 0.3) is 0 Å². The third-order valence-corrected chi connectivity index (χ3v) is 2.38. The molecule has 6 heteroatoms. The predicted octanol–water partition coefficient (Wildman–Crippen LogP) is 0.486. The summed E-state index contributed by atoms with van der Waals surface area (Å²) in [6, 6.07) is 3.67. The first kappa shape index (κ1) is 9.20. The van der Waals surface area contributed by atoms with Gasteiger partial charge in [-0.3, -0.25) is 10.8 Å². The maximum Gasteiger partial charge on any atom is 0.0983 e. The molecule has 5 nitrogen and oxygen atoms in total. The molecule has 72 valence electrons. The minimum atomic E-state index is -0.137. The first-order valence-corrected chi connectivity index (χ1v) is 4.88. The van der Waals surface area contributed by atoms with E-state index in [9.17, 15) is 0 Å². The SMILES string of the molecule is NNC(c1cccnc1)c1csnn1. The smallest absolute Gasteiger partial charge is 0.0983 e. The highest BCUT2D eigenvalue weighted by molar-refractivity contribution is 7.03. The molecular weight excluding hydrogens is 198 g/mol. The summed E-state index contributed by atoms with van der Waals surface area (Å²) < 4.78 is 3.79. The lowest BCUT2D eigenvalue weighted by Gasteiger charge is -2.11. The summed E-state index contributed by atoms with van der Waals surface area (Å²) in [7, 11) is 0. The zero-order valence-electron chi connectivity index (χ0n) is 7.29. The van der Waals surface area contributed by atoms with Gasteiger partial charge >= 0.3 is 0 Å². The Morgan fingerprint density at radius 1 is 1.50 bits per heavy atom. The standard InChI is InChI=1S/C8H9N5S/c9-11-8(7-5-14-13-12-7)6-2-1-3-10-4-6/h1-5,8,11H,9H2. The Hall–Kier alpha value is -1.37. The summed E-state index contributed by atoms with van der Waals surface area (Å²) in [6.45, 7) is 0. The number of hydrogen-bond donors (Lipinski definition) is 2. The molecule has 0 aliphatic heterocycles. The Balaban J connectivity index is 2.31.